The van der Waals surface area contributed by atoms with Crippen LogP contribution in [0, 0.1) is 28.9 Å². The predicted molar refractivity (Wildman–Crippen MR) is 164 cm³/mol. The highest BCUT2D eigenvalue weighted by molar-refractivity contribution is 6.25. The fourth-order valence-corrected chi connectivity index (χ4v) is 6.74. The molecule has 44 heavy (non-hydrogen) atoms. The fourth-order valence-electron chi connectivity index (χ4n) is 6.74. The van der Waals surface area contributed by atoms with Gasteiger partial charge >= 0.3 is 5.97 Å². The lowest BCUT2D eigenvalue weighted by atomic mass is 9.88. The quantitative estimate of drug-likeness (QED) is 0.125. The molecule has 0 saturated carbocycles. The van der Waals surface area contributed by atoms with E-state index in [1.807, 2.05) is 102 Å². The number of esters is 1. The first-order valence-electron chi connectivity index (χ1n) is 14.3. The van der Waals surface area contributed by atoms with Gasteiger partial charge in [-0.2, -0.15) is 0 Å². The lowest BCUT2D eigenvalue weighted by Gasteiger charge is -2.36. The molecule has 3 aliphatic heterocycles. The van der Waals surface area contributed by atoms with Crippen LogP contribution in [0.4, 0.5) is 17.1 Å². The van der Waals surface area contributed by atoms with Crippen molar-refractivity contribution in [3.05, 3.63) is 142 Å². The average Bonchev–Trinajstić information content (AvgIpc) is 3.53. The van der Waals surface area contributed by atoms with E-state index in [4.69, 9.17) is 4.74 Å². The number of nitro groups is 1. The molecular formula is C35H27N3O6. The summed E-state index contributed by atoms with van der Waals surface area (Å²) < 4.78 is 6.30. The first-order chi connectivity index (χ1) is 21.3. The number of non-ortho nitro benzene ring substituents is 1. The third kappa shape index (κ3) is 4.27. The summed E-state index contributed by atoms with van der Waals surface area (Å²) in [6.45, 7) is 1.69. The van der Waals surface area contributed by atoms with E-state index in [-0.39, 0.29) is 11.4 Å². The summed E-state index contributed by atoms with van der Waals surface area (Å²) in [5.74, 6) is -3.68. The van der Waals surface area contributed by atoms with Gasteiger partial charge in [-0.1, -0.05) is 97.1 Å². The van der Waals surface area contributed by atoms with Crippen molar-refractivity contribution in [2.45, 2.75) is 25.1 Å². The van der Waals surface area contributed by atoms with Crippen LogP contribution in [0.1, 0.15) is 28.4 Å². The summed E-state index contributed by atoms with van der Waals surface area (Å²) in [5.41, 5.74) is 3.56. The van der Waals surface area contributed by atoms with Crippen LogP contribution in [0.15, 0.2) is 109 Å². The van der Waals surface area contributed by atoms with Gasteiger partial charge in [0, 0.05) is 17.8 Å². The fraction of sp³-hybridized carbons (Fsp3) is 0.171. The van der Waals surface area contributed by atoms with Gasteiger partial charge in [0.1, 0.15) is 6.04 Å². The molecule has 218 valence electrons. The number of amides is 2. The second-order valence-corrected chi connectivity index (χ2v) is 11.2. The van der Waals surface area contributed by atoms with Crippen molar-refractivity contribution < 1.29 is 24.0 Å². The minimum absolute atomic E-state index is 0.147. The number of fused-ring (bicyclic) bond motifs is 5. The molecule has 4 aromatic carbocycles. The number of hydrogen-bond donors (Lipinski definition) is 0. The summed E-state index contributed by atoms with van der Waals surface area (Å²) in [5, 5.41) is 11.6. The van der Waals surface area contributed by atoms with E-state index in [1.165, 1.54) is 18.2 Å². The predicted octanol–water partition coefficient (Wildman–Crippen LogP) is 5.63. The van der Waals surface area contributed by atoms with Crippen molar-refractivity contribution in [2.24, 2.45) is 11.8 Å². The monoisotopic (exact) mass is 585 g/mol. The van der Waals surface area contributed by atoms with Crippen LogP contribution < -0.4 is 9.80 Å². The first-order valence-corrected chi connectivity index (χ1v) is 14.3. The Labute approximate surface area is 253 Å². The Morgan fingerprint density at radius 1 is 0.818 bits per heavy atom. The third-order valence-corrected chi connectivity index (χ3v) is 8.74. The number of nitro benzene ring substituents is 1. The molecule has 2 saturated heterocycles. The SMILES string of the molecule is Cc1ccc([N+](=O)[O-])cc1N1C(=O)[C@@H]2[C@H](C1=O)[C@@H]1C=Cc3ccccc3N1[C@@H]2C(=O)OC(c1ccccc1)c1ccccc1. The Kier molecular flexibility index (Phi) is 6.58. The van der Waals surface area contributed by atoms with Crippen molar-refractivity contribution in [2.75, 3.05) is 9.80 Å². The maximum atomic E-state index is 14.5. The molecule has 2 fully saturated rings. The van der Waals surface area contributed by atoms with Gasteiger partial charge in [-0.25, -0.2) is 9.69 Å². The number of benzene rings is 4. The molecule has 2 amide bonds. The summed E-state index contributed by atoms with van der Waals surface area (Å²) in [6.07, 6.45) is 3.01. The number of ether oxygens (including phenoxy) is 1. The lowest BCUT2D eigenvalue weighted by Crippen LogP contribution is -2.49. The number of para-hydroxylation sites is 1. The van der Waals surface area contributed by atoms with Crippen LogP contribution in [-0.2, 0) is 19.1 Å². The molecule has 0 radical (unpaired) electrons. The van der Waals surface area contributed by atoms with E-state index in [2.05, 4.69) is 0 Å². The van der Waals surface area contributed by atoms with Crippen LogP contribution in [0.5, 0.6) is 0 Å². The van der Waals surface area contributed by atoms with Crippen LogP contribution in [0.2, 0.25) is 0 Å². The number of hydrogen-bond acceptors (Lipinski definition) is 7. The van der Waals surface area contributed by atoms with E-state index in [0.717, 1.165) is 27.3 Å². The molecule has 3 aliphatic rings. The number of aryl methyl sites for hydroxylation is 1. The molecular weight excluding hydrogens is 558 g/mol. The van der Waals surface area contributed by atoms with E-state index in [1.54, 1.807) is 6.92 Å². The third-order valence-electron chi connectivity index (χ3n) is 8.74. The summed E-state index contributed by atoms with van der Waals surface area (Å²) >= 11 is 0. The second-order valence-electron chi connectivity index (χ2n) is 11.2. The van der Waals surface area contributed by atoms with Crippen LogP contribution >= 0.6 is 0 Å². The van der Waals surface area contributed by atoms with Crippen LogP contribution in [0.25, 0.3) is 6.08 Å². The first kappa shape index (κ1) is 27.3. The van der Waals surface area contributed by atoms with E-state index in [0.29, 0.717) is 5.56 Å². The highest BCUT2D eigenvalue weighted by Crippen LogP contribution is 2.50. The van der Waals surface area contributed by atoms with Gasteiger partial charge in [0.25, 0.3) is 5.69 Å². The van der Waals surface area contributed by atoms with Crippen molar-refractivity contribution >= 4 is 40.9 Å². The molecule has 9 heteroatoms. The van der Waals surface area contributed by atoms with Gasteiger partial charge in [0.05, 0.1) is 28.5 Å². The molecule has 7 rings (SSSR count). The minimum atomic E-state index is -1.12. The Morgan fingerprint density at radius 3 is 2.09 bits per heavy atom. The van der Waals surface area contributed by atoms with Crippen molar-refractivity contribution in [3.63, 3.8) is 0 Å². The van der Waals surface area contributed by atoms with Gasteiger partial charge in [0.2, 0.25) is 11.8 Å². The summed E-state index contributed by atoms with van der Waals surface area (Å²) in [4.78, 5) is 56.8. The van der Waals surface area contributed by atoms with Crippen LogP contribution in [0.3, 0.4) is 0 Å². The van der Waals surface area contributed by atoms with E-state index < -0.39 is 52.7 Å². The smallest absolute Gasteiger partial charge is 0.330 e. The molecule has 9 nitrogen and oxygen atoms in total. The zero-order valence-corrected chi connectivity index (χ0v) is 23.6. The molecule has 0 spiro atoms. The van der Waals surface area contributed by atoms with Crippen LogP contribution in [-0.4, -0.2) is 34.8 Å². The van der Waals surface area contributed by atoms with Crippen molar-refractivity contribution in [1.29, 1.82) is 0 Å². The average molecular weight is 586 g/mol. The van der Waals surface area contributed by atoms with Gasteiger partial charge in [-0.3, -0.25) is 19.7 Å². The Hall–Kier alpha value is -5.57. The normalized spacial score (nSPS) is 21.7. The summed E-state index contributed by atoms with van der Waals surface area (Å²) in [7, 11) is 0. The van der Waals surface area contributed by atoms with E-state index >= 15 is 0 Å². The number of rotatable bonds is 6. The number of carbonyl (C=O) groups is 3. The van der Waals surface area contributed by atoms with Gasteiger partial charge in [-0.05, 0) is 35.2 Å². The topological polar surface area (TPSA) is 110 Å². The maximum absolute atomic E-state index is 14.5. The Bertz CT molecular complexity index is 1800. The Balaban J connectivity index is 1.33. The molecule has 0 aromatic heterocycles. The number of anilines is 2. The highest BCUT2D eigenvalue weighted by Gasteiger charge is 2.65. The number of carbonyl (C=O) groups excluding carboxylic acids is 3. The molecule has 0 N–H and O–H groups in total. The second kappa shape index (κ2) is 10.6. The summed E-state index contributed by atoms with van der Waals surface area (Å²) in [6, 6.07) is 28.6. The largest absolute Gasteiger partial charge is 0.451 e. The van der Waals surface area contributed by atoms with E-state index in [9.17, 15) is 24.5 Å². The van der Waals surface area contributed by atoms with Crippen molar-refractivity contribution in [1.82, 2.24) is 0 Å². The molecule has 4 aromatic rings. The zero-order valence-electron chi connectivity index (χ0n) is 23.6. The molecule has 0 bridgehead atoms. The zero-order chi connectivity index (χ0) is 30.5. The highest BCUT2D eigenvalue weighted by atomic mass is 16.6. The van der Waals surface area contributed by atoms with Gasteiger partial charge < -0.3 is 9.64 Å². The number of nitrogens with zero attached hydrogens (tertiary/aromatic N) is 3. The molecule has 0 aliphatic carbocycles. The standard InChI is InChI=1S/C35H27N3O6/c1-21-16-18-25(38(42)43)20-28(21)37-33(39)29-27-19-17-22-10-8-9-15-26(22)36(27)31(30(29)34(37)40)35(41)44-32(23-11-4-2-5-12-23)24-13-6-3-7-14-24/h2-20,27,29-32H,1H3/t27-,29+,30+,31-/m0/s1. The Morgan fingerprint density at radius 2 is 1.43 bits per heavy atom. The molecule has 0 unspecified atom stereocenters. The van der Waals surface area contributed by atoms with Gasteiger partial charge in [0.15, 0.2) is 6.10 Å². The molecule has 4 atom stereocenters. The molecule has 3 heterocycles. The number of imide groups is 1. The lowest BCUT2D eigenvalue weighted by molar-refractivity contribution is -0.384. The maximum Gasteiger partial charge on any atom is 0.330 e. The van der Waals surface area contributed by atoms with Gasteiger partial charge in [-0.15, -0.1) is 0 Å². The minimum Gasteiger partial charge on any atom is -0.451 e. The van der Waals surface area contributed by atoms with Crippen molar-refractivity contribution in [3.8, 4) is 0 Å².